The predicted molar refractivity (Wildman–Crippen MR) is 128 cm³/mol. The molecule has 0 aromatic heterocycles. The SMILES string of the molecule is CCN.NC(CNO)NC(=O)c1ccc(C#Cc2ccc(Cc3ccccc3)cc2)cc1. The second kappa shape index (κ2) is 13.8. The lowest BCUT2D eigenvalue weighted by molar-refractivity contribution is 0.0919. The van der Waals surface area contributed by atoms with E-state index >= 15 is 0 Å². The Morgan fingerprint density at radius 1 is 0.906 bits per heavy atom. The maximum Gasteiger partial charge on any atom is 0.252 e. The zero-order chi connectivity index (χ0) is 23.2. The molecule has 166 valence electrons. The highest BCUT2D eigenvalue weighted by molar-refractivity contribution is 5.94. The Balaban J connectivity index is 0.00000114. The predicted octanol–water partition coefficient (Wildman–Crippen LogP) is 2.64. The number of carbonyl (C=O) groups is 1. The van der Waals surface area contributed by atoms with Gasteiger partial charge in [-0.25, -0.2) is 5.48 Å². The summed E-state index contributed by atoms with van der Waals surface area (Å²) in [5.74, 6) is 5.95. The molecule has 7 N–H and O–H groups in total. The third-order valence-electron chi connectivity index (χ3n) is 4.33. The molecular formula is C26H30N4O2. The van der Waals surface area contributed by atoms with Crippen LogP contribution in [-0.4, -0.2) is 30.4 Å². The number of benzene rings is 3. The number of hydroxylamine groups is 1. The molecule has 0 radical (unpaired) electrons. The minimum Gasteiger partial charge on any atom is -0.336 e. The molecule has 0 aliphatic heterocycles. The lowest BCUT2D eigenvalue weighted by atomic mass is 10.0. The highest BCUT2D eigenvalue weighted by Crippen LogP contribution is 2.11. The molecule has 0 saturated carbocycles. The summed E-state index contributed by atoms with van der Waals surface area (Å²) in [6.07, 6.45) is 0.229. The lowest BCUT2D eigenvalue weighted by Crippen LogP contribution is -2.47. The van der Waals surface area contributed by atoms with E-state index < -0.39 is 6.17 Å². The Morgan fingerprint density at radius 2 is 1.41 bits per heavy atom. The zero-order valence-electron chi connectivity index (χ0n) is 18.2. The molecule has 32 heavy (non-hydrogen) atoms. The van der Waals surface area contributed by atoms with E-state index in [4.69, 9.17) is 16.7 Å². The van der Waals surface area contributed by atoms with E-state index in [2.05, 4.69) is 41.4 Å². The second-order valence-corrected chi connectivity index (χ2v) is 7.04. The number of hydrogen-bond acceptors (Lipinski definition) is 5. The van der Waals surface area contributed by atoms with Crippen LogP contribution in [0.25, 0.3) is 0 Å². The van der Waals surface area contributed by atoms with E-state index in [9.17, 15) is 4.79 Å². The number of nitrogens with two attached hydrogens (primary N) is 2. The van der Waals surface area contributed by atoms with Gasteiger partial charge in [-0.3, -0.25) is 4.79 Å². The fourth-order valence-corrected chi connectivity index (χ4v) is 2.79. The molecule has 0 fully saturated rings. The van der Waals surface area contributed by atoms with Gasteiger partial charge >= 0.3 is 0 Å². The number of hydrogen-bond donors (Lipinski definition) is 5. The second-order valence-electron chi connectivity index (χ2n) is 7.04. The van der Waals surface area contributed by atoms with Crippen LogP contribution in [0.15, 0.2) is 78.9 Å². The molecular weight excluding hydrogens is 400 g/mol. The molecule has 6 heteroatoms. The minimum absolute atomic E-state index is 0.0689. The van der Waals surface area contributed by atoms with Gasteiger partial charge in [0.05, 0.1) is 12.7 Å². The molecule has 0 aliphatic rings. The van der Waals surface area contributed by atoms with Crippen LogP contribution in [0.3, 0.4) is 0 Å². The van der Waals surface area contributed by atoms with E-state index in [0.717, 1.165) is 24.1 Å². The molecule has 0 aliphatic carbocycles. The van der Waals surface area contributed by atoms with E-state index in [1.165, 1.54) is 11.1 Å². The van der Waals surface area contributed by atoms with Crippen LogP contribution in [0.2, 0.25) is 0 Å². The van der Waals surface area contributed by atoms with Crippen LogP contribution in [-0.2, 0) is 6.42 Å². The molecule has 1 atom stereocenters. The molecule has 3 aromatic carbocycles. The van der Waals surface area contributed by atoms with Crippen molar-refractivity contribution in [3.05, 3.63) is 107 Å². The topological polar surface area (TPSA) is 113 Å². The van der Waals surface area contributed by atoms with Crippen LogP contribution in [0, 0.1) is 11.8 Å². The quantitative estimate of drug-likeness (QED) is 0.234. The average Bonchev–Trinajstić information content (AvgIpc) is 2.80. The Kier molecular flexibility index (Phi) is 10.7. The average molecular weight is 431 g/mol. The summed E-state index contributed by atoms with van der Waals surface area (Å²) in [6.45, 7) is 2.72. The van der Waals surface area contributed by atoms with E-state index in [1.54, 1.807) is 24.3 Å². The summed E-state index contributed by atoms with van der Waals surface area (Å²) in [4.78, 5) is 12.0. The number of rotatable bonds is 6. The zero-order valence-corrected chi connectivity index (χ0v) is 18.2. The first-order valence-electron chi connectivity index (χ1n) is 10.4. The van der Waals surface area contributed by atoms with Crippen molar-refractivity contribution in [2.24, 2.45) is 11.5 Å². The molecule has 0 bridgehead atoms. The van der Waals surface area contributed by atoms with Crippen LogP contribution in [0.4, 0.5) is 0 Å². The van der Waals surface area contributed by atoms with Gasteiger partial charge in [-0.1, -0.05) is 61.2 Å². The normalized spacial score (nSPS) is 10.8. The standard InChI is InChI=1S/C24H23N3O2.C2H7N/c25-23(17-26-29)27-24(28)22-14-12-19(13-15-22)7-6-18-8-10-21(11-9-18)16-20-4-2-1-3-5-20;1-2-3/h1-5,8-15,23,26,29H,16-17,25H2,(H,27,28);2-3H2,1H3. The Labute approximate surface area is 189 Å². The van der Waals surface area contributed by atoms with Gasteiger partial charge in [0.1, 0.15) is 0 Å². The van der Waals surface area contributed by atoms with Gasteiger partial charge in [-0.05, 0) is 60.5 Å². The summed E-state index contributed by atoms with van der Waals surface area (Å²) in [6, 6.07) is 25.5. The third kappa shape index (κ3) is 8.72. The van der Waals surface area contributed by atoms with Crippen LogP contribution in [0.1, 0.15) is 39.5 Å². The Bertz CT molecular complexity index is 1010. The van der Waals surface area contributed by atoms with Crippen molar-refractivity contribution in [2.75, 3.05) is 13.1 Å². The highest BCUT2D eigenvalue weighted by Gasteiger charge is 2.09. The van der Waals surface area contributed by atoms with Crippen molar-refractivity contribution < 1.29 is 10.0 Å². The smallest absolute Gasteiger partial charge is 0.252 e. The van der Waals surface area contributed by atoms with E-state index in [0.29, 0.717) is 5.56 Å². The lowest BCUT2D eigenvalue weighted by Gasteiger charge is -2.12. The largest absolute Gasteiger partial charge is 0.336 e. The molecule has 0 saturated heterocycles. The Morgan fingerprint density at radius 3 is 1.94 bits per heavy atom. The number of amides is 1. The molecule has 0 spiro atoms. The molecule has 6 nitrogen and oxygen atoms in total. The number of nitrogens with one attached hydrogen (secondary N) is 2. The van der Waals surface area contributed by atoms with Crippen molar-refractivity contribution >= 4 is 5.91 Å². The molecule has 3 rings (SSSR count). The number of carbonyl (C=O) groups excluding carboxylic acids is 1. The van der Waals surface area contributed by atoms with Crippen molar-refractivity contribution in [3.63, 3.8) is 0 Å². The van der Waals surface area contributed by atoms with Gasteiger partial charge in [-0.15, -0.1) is 0 Å². The van der Waals surface area contributed by atoms with Crippen molar-refractivity contribution in [1.82, 2.24) is 10.8 Å². The van der Waals surface area contributed by atoms with Crippen LogP contribution in [0.5, 0.6) is 0 Å². The van der Waals surface area contributed by atoms with Crippen LogP contribution < -0.4 is 22.3 Å². The first-order valence-corrected chi connectivity index (χ1v) is 10.4. The molecule has 0 heterocycles. The van der Waals surface area contributed by atoms with Gasteiger partial charge < -0.3 is 22.0 Å². The maximum absolute atomic E-state index is 12.0. The summed E-state index contributed by atoms with van der Waals surface area (Å²) in [5, 5.41) is 11.2. The fraction of sp³-hybridized carbons (Fsp3) is 0.192. The summed E-state index contributed by atoms with van der Waals surface area (Å²) in [5.41, 5.74) is 17.2. The fourth-order valence-electron chi connectivity index (χ4n) is 2.79. The monoisotopic (exact) mass is 430 g/mol. The van der Waals surface area contributed by atoms with Gasteiger partial charge in [0, 0.05) is 16.7 Å². The minimum atomic E-state index is -0.670. The maximum atomic E-state index is 12.0. The first kappa shape index (κ1) is 24.8. The molecule has 3 aromatic rings. The van der Waals surface area contributed by atoms with Gasteiger partial charge in [0.15, 0.2) is 0 Å². The summed E-state index contributed by atoms with van der Waals surface area (Å²) >= 11 is 0. The van der Waals surface area contributed by atoms with Crippen molar-refractivity contribution in [3.8, 4) is 11.8 Å². The molecule has 1 unspecified atom stereocenters. The van der Waals surface area contributed by atoms with Gasteiger partial charge in [-0.2, -0.15) is 0 Å². The van der Waals surface area contributed by atoms with Gasteiger partial charge in [0.2, 0.25) is 0 Å². The third-order valence-corrected chi connectivity index (χ3v) is 4.33. The van der Waals surface area contributed by atoms with E-state index in [1.807, 2.05) is 42.7 Å². The van der Waals surface area contributed by atoms with Crippen molar-refractivity contribution in [1.29, 1.82) is 0 Å². The van der Waals surface area contributed by atoms with Crippen LogP contribution >= 0.6 is 0 Å². The Hall–Kier alpha value is -3.47. The summed E-state index contributed by atoms with van der Waals surface area (Å²) < 4.78 is 0. The van der Waals surface area contributed by atoms with Gasteiger partial charge in [0.25, 0.3) is 5.91 Å². The first-order chi connectivity index (χ1) is 15.5. The summed E-state index contributed by atoms with van der Waals surface area (Å²) in [7, 11) is 0. The van der Waals surface area contributed by atoms with Crippen molar-refractivity contribution in [2.45, 2.75) is 19.5 Å². The molecule has 1 amide bonds. The van der Waals surface area contributed by atoms with E-state index in [-0.39, 0.29) is 12.5 Å². The highest BCUT2D eigenvalue weighted by atomic mass is 16.5.